The minimum absolute atomic E-state index is 0.0214. The lowest BCUT2D eigenvalue weighted by Gasteiger charge is -2.40. The number of carbonyl (C=O) groups is 1. The van der Waals surface area contributed by atoms with Gasteiger partial charge in [0.1, 0.15) is 6.10 Å². The lowest BCUT2D eigenvalue weighted by molar-refractivity contribution is -0.156. The SMILES string of the molecule is CC1CCC(OC(=O)CC2(CN)CCC2)CC1C. The smallest absolute Gasteiger partial charge is 0.306 e. The van der Waals surface area contributed by atoms with Gasteiger partial charge in [-0.2, -0.15) is 0 Å². The van der Waals surface area contributed by atoms with Gasteiger partial charge in [0.25, 0.3) is 0 Å². The molecule has 3 unspecified atom stereocenters. The van der Waals surface area contributed by atoms with Crippen LogP contribution in [0.4, 0.5) is 0 Å². The molecular formula is C15H27NO2. The number of hydrogen-bond donors (Lipinski definition) is 1. The molecule has 0 aliphatic heterocycles. The van der Waals surface area contributed by atoms with Crippen molar-refractivity contribution in [2.24, 2.45) is 23.0 Å². The Balaban J connectivity index is 1.77. The molecule has 0 bridgehead atoms. The molecule has 0 heterocycles. The third-order valence-corrected chi connectivity index (χ3v) is 5.21. The van der Waals surface area contributed by atoms with Crippen LogP contribution in [0.15, 0.2) is 0 Å². The van der Waals surface area contributed by atoms with Gasteiger partial charge in [0.15, 0.2) is 0 Å². The highest BCUT2D eigenvalue weighted by molar-refractivity contribution is 5.70. The molecule has 0 saturated heterocycles. The Morgan fingerprint density at radius 3 is 2.50 bits per heavy atom. The van der Waals surface area contributed by atoms with E-state index < -0.39 is 0 Å². The minimum atomic E-state index is -0.0214. The van der Waals surface area contributed by atoms with Crippen LogP contribution >= 0.6 is 0 Å². The first-order chi connectivity index (χ1) is 8.54. The van der Waals surface area contributed by atoms with Crippen LogP contribution < -0.4 is 5.73 Å². The average Bonchev–Trinajstić information content (AvgIpc) is 2.29. The summed E-state index contributed by atoms with van der Waals surface area (Å²) < 4.78 is 5.65. The summed E-state index contributed by atoms with van der Waals surface area (Å²) in [6.07, 6.45) is 7.33. The Morgan fingerprint density at radius 2 is 2.00 bits per heavy atom. The maximum Gasteiger partial charge on any atom is 0.306 e. The maximum atomic E-state index is 12.0. The highest BCUT2D eigenvalue weighted by Gasteiger charge is 2.39. The first-order valence-corrected chi connectivity index (χ1v) is 7.44. The number of carbonyl (C=O) groups excluding carboxylic acids is 1. The van der Waals surface area contributed by atoms with E-state index in [9.17, 15) is 4.79 Å². The van der Waals surface area contributed by atoms with Gasteiger partial charge in [-0.05, 0) is 55.9 Å². The van der Waals surface area contributed by atoms with Crippen LogP contribution in [-0.2, 0) is 9.53 Å². The van der Waals surface area contributed by atoms with E-state index in [4.69, 9.17) is 10.5 Å². The third-order valence-electron chi connectivity index (χ3n) is 5.21. The van der Waals surface area contributed by atoms with Gasteiger partial charge in [-0.25, -0.2) is 0 Å². The first-order valence-electron chi connectivity index (χ1n) is 7.44. The number of rotatable bonds is 4. The average molecular weight is 253 g/mol. The zero-order chi connectivity index (χ0) is 13.2. The van der Waals surface area contributed by atoms with Crippen molar-refractivity contribution >= 4 is 5.97 Å². The quantitative estimate of drug-likeness (QED) is 0.784. The van der Waals surface area contributed by atoms with Crippen LogP contribution in [0.25, 0.3) is 0 Å². The molecule has 2 aliphatic rings. The third kappa shape index (κ3) is 3.05. The van der Waals surface area contributed by atoms with E-state index in [0.717, 1.165) is 31.6 Å². The van der Waals surface area contributed by atoms with E-state index in [1.54, 1.807) is 0 Å². The first kappa shape index (κ1) is 13.9. The Bertz CT molecular complexity index is 293. The molecule has 3 heteroatoms. The Hall–Kier alpha value is -0.570. The molecule has 0 aromatic carbocycles. The fraction of sp³-hybridized carbons (Fsp3) is 0.933. The number of esters is 1. The zero-order valence-corrected chi connectivity index (χ0v) is 11.8. The lowest BCUT2D eigenvalue weighted by atomic mass is 9.67. The lowest BCUT2D eigenvalue weighted by Crippen LogP contribution is -2.40. The molecule has 18 heavy (non-hydrogen) atoms. The second-order valence-corrected chi connectivity index (χ2v) is 6.61. The van der Waals surface area contributed by atoms with E-state index in [1.165, 1.54) is 12.8 Å². The van der Waals surface area contributed by atoms with Crippen molar-refractivity contribution in [2.75, 3.05) is 6.54 Å². The van der Waals surface area contributed by atoms with Crippen LogP contribution in [0.2, 0.25) is 0 Å². The molecule has 104 valence electrons. The molecule has 0 radical (unpaired) electrons. The second kappa shape index (κ2) is 5.60. The Kier molecular flexibility index (Phi) is 4.31. The summed E-state index contributed by atoms with van der Waals surface area (Å²) in [6.45, 7) is 5.18. The summed E-state index contributed by atoms with van der Waals surface area (Å²) >= 11 is 0. The predicted molar refractivity (Wildman–Crippen MR) is 72.0 cm³/mol. The normalized spacial score (nSPS) is 34.7. The molecule has 3 atom stereocenters. The van der Waals surface area contributed by atoms with Crippen molar-refractivity contribution in [3.8, 4) is 0 Å². The van der Waals surface area contributed by atoms with Crippen molar-refractivity contribution in [2.45, 2.75) is 64.9 Å². The van der Waals surface area contributed by atoms with Crippen molar-refractivity contribution in [3.63, 3.8) is 0 Å². The predicted octanol–water partition coefficient (Wildman–Crippen LogP) is 2.87. The van der Waals surface area contributed by atoms with Gasteiger partial charge in [0.2, 0.25) is 0 Å². The summed E-state index contributed by atoms with van der Waals surface area (Å²) in [4.78, 5) is 12.0. The van der Waals surface area contributed by atoms with Crippen molar-refractivity contribution in [1.82, 2.24) is 0 Å². The molecule has 2 rings (SSSR count). The topological polar surface area (TPSA) is 52.3 Å². The van der Waals surface area contributed by atoms with Crippen LogP contribution in [0, 0.1) is 17.3 Å². The molecule has 3 nitrogen and oxygen atoms in total. The molecule has 2 saturated carbocycles. The largest absolute Gasteiger partial charge is 0.462 e. The summed E-state index contributed by atoms with van der Waals surface area (Å²) in [7, 11) is 0. The minimum Gasteiger partial charge on any atom is -0.462 e. The monoisotopic (exact) mass is 253 g/mol. The fourth-order valence-corrected chi connectivity index (χ4v) is 3.27. The van der Waals surface area contributed by atoms with Gasteiger partial charge >= 0.3 is 5.97 Å². The molecular weight excluding hydrogens is 226 g/mol. The standard InChI is InChI=1S/C15H27NO2/c1-11-4-5-13(8-12(11)2)18-14(17)9-15(10-16)6-3-7-15/h11-13H,3-10,16H2,1-2H3. The molecule has 2 N–H and O–H groups in total. The maximum absolute atomic E-state index is 12.0. The van der Waals surface area contributed by atoms with Crippen molar-refractivity contribution in [3.05, 3.63) is 0 Å². The second-order valence-electron chi connectivity index (χ2n) is 6.61. The van der Waals surface area contributed by atoms with Gasteiger partial charge in [0.05, 0.1) is 6.42 Å². The highest BCUT2D eigenvalue weighted by atomic mass is 16.5. The van der Waals surface area contributed by atoms with Gasteiger partial charge in [-0.15, -0.1) is 0 Å². The molecule has 0 spiro atoms. The van der Waals surface area contributed by atoms with Crippen LogP contribution in [-0.4, -0.2) is 18.6 Å². The fourth-order valence-electron chi connectivity index (χ4n) is 3.27. The molecule has 2 fully saturated rings. The molecule has 0 amide bonds. The van der Waals surface area contributed by atoms with E-state index in [1.807, 2.05) is 0 Å². The van der Waals surface area contributed by atoms with E-state index in [-0.39, 0.29) is 17.5 Å². The number of nitrogens with two attached hydrogens (primary N) is 1. The Labute approximate surface area is 110 Å². The zero-order valence-electron chi connectivity index (χ0n) is 11.8. The summed E-state index contributed by atoms with van der Waals surface area (Å²) in [6, 6.07) is 0. The summed E-state index contributed by atoms with van der Waals surface area (Å²) in [5.41, 5.74) is 5.86. The number of hydrogen-bond acceptors (Lipinski definition) is 3. The van der Waals surface area contributed by atoms with Crippen molar-refractivity contribution < 1.29 is 9.53 Å². The van der Waals surface area contributed by atoms with E-state index >= 15 is 0 Å². The van der Waals surface area contributed by atoms with Crippen LogP contribution in [0.5, 0.6) is 0 Å². The summed E-state index contributed by atoms with van der Waals surface area (Å²) in [5, 5.41) is 0. The van der Waals surface area contributed by atoms with Gasteiger partial charge in [0, 0.05) is 0 Å². The highest BCUT2D eigenvalue weighted by Crippen LogP contribution is 2.43. The van der Waals surface area contributed by atoms with Gasteiger partial charge in [-0.1, -0.05) is 20.3 Å². The van der Waals surface area contributed by atoms with Crippen LogP contribution in [0.1, 0.15) is 58.8 Å². The number of ether oxygens (including phenoxy) is 1. The van der Waals surface area contributed by atoms with Gasteiger partial charge in [-0.3, -0.25) is 4.79 Å². The van der Waals surface area contributed by atoms with Gasteiger partial charge < -0.3 is 10.5 Å². The Morgan fingerprint density at radius 1 is 1.28 bits per heavy atom. The molecule has 0 aromatic rings. The van der Waals surface area contributed by atoms with E-state index in [0.29, 0.717) is 18.9 Å². The van der Waals surface area contributed by atoms with Crippen LogP contribution in [0.3, 0.4) is 0 Å². The summed E-state index contributed by atoms with van der Waals surface area (Å²) in [5.74, 6) is 1.41. The molecule has 0 aromatic heterocycles. The van der Waals surface area contributed by atoms with Crippen molar-refractivity contribution in [1.29, 1.82) is 0 Å². The van der Waals surface area contributed by atoms with E-state index in [2.05, 4.69) is 13.8 Å². The molecule has 2 aliphatic carbocycles.